The van der Waals surface area contributed by atoms with Crippen molar-refractivity contribution in [3.8, 4) is 0 Å². The molecule has 57 heavy (non-hydrogen) atoms. The number of hydrogen-bond acceptors (Lipinski definition) is 3. The largest absolute Gasteiger partial charge is 0.744 e. The molecule has 3 nitrogen and oxygen atoms in total. The Morgan fingerprint density at radius 1 is 0.526 bits per heavy atom. The van der Waals surface area contributed by atoms with Crippen molar-refractivity contribution in [3.63, 3.8) is 0 Å². The molecule has 4 atom stereocenters. The predicted molar refractivity (Wildman–Crippen MR) is 249 cm³/mol. The molecule has 3 aromatic carbocycles. The molecule has 0 amide bonds. The van der Waals surface area contributed by atoms with Crippen molar-refractivity contribution in [2.24, 2.45) is 44.3 Å². The molecule has 0 radical (unpaired) electrons. The predicted octanol–water partition coefficient (Wildman–Crippen LogP) is 16.2. The van der Waals surface area contributed by atoms with Gasteiger partial charge in [-0.25, -0.2) is 8.42 Å². The first-order chi connectivity index (χ1) is 25.6. The Hall–Kier alpha value is -2.43. The zero-order valence-corrected chi connectivity index (χ0v) is 41.1. The van der Waals surface area contributed by atoms with Crippen LogP contribution in [0.5, 0.6) is 0 Å². The van der Waals surface area contributed by atoms with Gasteiger partial charge < -0.3 is 4.55 Å². The topological polar surface area (TPSA) is 57.2 Å². The second-order valence-electron chi connectivity index (χ2n) is 23.9. The van der Waals surface area contributed by atoms with Crippen LogP contribution in [0.2, 0.25) is 0 Å². The number of hydrogen-bond donors (Lipinski definition) is 0. The Balaban J connectivity index is 0.000000432. The summed E-state index contributed by atoms with van der Waals surface area (Å²) in [7, 11) is -4.37. The van der Waals surface area contributed by atoms with E-state index < -0.39 is 10.1 Å². The normalized spacial score (nSPS) is 15.3. The van der Waals surface area contributed by atoms with E-state index in [1.165, 1.54) is 42.5 Å². The molecule has 0 aromatic heterocycles. The average molecular weight is 804 g/mol. The molecule has 4 unspecified atom stereocenters. The van der Waals surface area contributed by atoms with Crippen molar-refractivity contribution in [2.75, 3.05) is 0 Å². The Morgan fingerprint density at radius 2 is 0.982 bits per heavy atom. The minimum atomic E-state index is -4.37. The maximum atomic E-state index is 11.0. The third-order valence-corrected chi connectivity index (χ3v) is 11.9. The highest BCUT2D eigenvalue weighted by Gasteiger charge is 2.33. The lowest BCUT2D eigenvalue weighted by molar-refractivity contribution is 0.164. The molecule has 0 spiro atoms. The van der Waals surface area contributed by atoms with Crippen LogP contribution in [0.3, 0.4) is 0 Å². The smallest absolute Gasteiger partial charge is 0.124 e. The molecule has 0 saturated heterocycles. The summed E-state index contributed by atoms with van der Waals surface area (Å²) in [5.74, 6) is 2.41. The summed E-state index contributed by atoms with van der Waals surface area (Å²) < 4.78 is 33.1. The third-order valence-electron chi connectivity index (χ3n) is 11.0. The van der Waals surface area contributed by atoms with Crippen LogP contribution in [0.1, 0.15) is 192 Å². The molecular weight excluding hydrogens is 717 g/mol. The second-order valence-corrected chi connectivity index (χ2v) is 25.3. The second kappa shape index (κ2) is 21.2. The fraction of sp³-hybridized carbons (Fsp3) is 0.660. The number of rotatable bonds is 11. The maximum Gasteiger partial charge on any atom is 0.124 e. The monoisotopic (exact) mass is 804 g/mol. The number of benzene rings is 3. The molecule has 0 aliphatic carbocycles. The van der Waals surface area contributed by atoms with Gasteiger partial charge in [0.25, 0.3) is 0 Å². The summed E-state index contributed by atoms with van der Waals surface area (Å²) in [6.07, 6.45) is 7.10. The Kier molecular flexibility index (Phi) is 19.6. The van der Waals surface area contributed by atoms with E-state index >= 15 is 0 Å². The van der Waals surface area contributed by atoms with Gasteiger partial charge in [0.1, 0.15) is 10.1 Å². The van der Waals surface area contributed by atoms with Crippen molar-refractivity contribution >= 4 is 10.1 Å². The zero-order valence-electron chi connectivity index (χ0n) is 40.3. The Morgan fingerprint density at radius 3 is 1.35 bits per heavy atom. The van der Waals surface area contributed by atoms with Gasteiger partial charge in [0.05, 0.1) is 4.90 Å². The van der Waals surface area contributed by atoms with Gasteiger partial charge in [0.15, 0.2) is 0 Å². The lowest BCUT2D eigenvalue weighted by Crippen LogP contribution is -2.27. The van der Waals surface area contributed by atoms with Crippen molar-refractivity contribution in [1.82, 2.24) is 0 Å². The SMILES string of the molecule is CC(C)(C)CC(Cc1ccccc1)C(C)(C)C.CC(C)(C)CCCC(c1ccc(S(=O)(=O)[O-])cc1)C(C)(C)C.CC(CC(C)(C)C)C(c1ccccc1)C(C)(C)C. The van der Waals surface area contributed by atoms with E-state index in [0.29, 0.717) is 44.8 Å². The Bertz CT molecular complexity index is 1650. The van der Waals surface area contributed by atoms with Crippen LogP contribution in [0.15, 0.2) is 89.8 Å². The molecular formula is C53H87O3S-. The van der Waals surface area contributed by atoms with Gasteiger partial charge in [-0.15, -0.1) is 0 Å². The van der Waals surface area contributed by atoms with Crippen LogP contribution in [-0.4, -0.2) is 13.0 Å². The summed E-state index contributed by atoms with van der Waals surface area (Å²) in [4.78, 5) is -0.154. The fourth-order valence-corrected chi connectivity index (χ4v) is 9.02. The van der Waals surface area contributed by atoms with E-state index in [1.807, 2.05) is 0 Å². The molecule has 0 bridgehead atoms. The average Bonchev–Trinajstić information content (AvgIpc) is 3.00. The van der Waals surface area contributed by atoms with Gasteiger partial charge >= 0.3 is 0 Å². The van der Waals surface area contributed by atoms with E-state index in [1.54, 1.807) is 12.1 Å². The molecule has 324 valence electrons. The van der Waals surface area contributed by atoms with Crippen LogP contribution < -0.4 is 0 Å². The van der Waals surface area contributed by atoms with E-state index in [9.17, 15) is 13.0 Å². The highest BCUT2D eigenvalue weighted by Crippen LogP contribution is 2.45. The van der Waals surface area contributed by atoms with Crippen molar-refractivity contribution < 1.29 is 13.0 Å². The zero-order chi connectivity index (χ0) is 44.3. The van der Waals surface area contributed by atoms with E-state index in [0.717, 1.165) is 30.7 Å². The van der Waals surface area contributed by atoms with Gasteiger partial charge in [-0.05, 0) is 117 Å². The fourth-order valence-electron chi connectivity index (χ4n) is 8.55. The molecule has 0 aliphatic rings. The molecule has 0 fully saturated rings. The summed E-state index contributed by atoms with van der Waals surface area (Å²) in [5.41, 5.74) is 5.98. The first-order valence-electron chi connectivity index (χ1n) is 21.7. The summed E-state index contributed by atoms with van der Waals surface area (Å²) in [6.45, 7) is 44.0. The van der Waals surface area contributed by atoms with Gasteiger partial charge in [-0.2, -0.15) is 0 Å². The first-order valence-corrected chi connectivity index (χ1v) is 23.2. The first kappa shape index (κ1) is 52.6. The standard InChI is InChI=1S/C18H30O3S.C18H30.C17H28/c1-17(2,3)13-7-8-16(18(4,5)6)14-9-11-15(12-10-14)22(19,20)21;1-14(13-17(2,3)4)16(18(5,6)7)15-11-9-8-10-12-15;1-16(2,3)13-15(17(4,5)6)12-14-10-8-7-9-11-14/h9-12,16H,7-8,13H2,1-6H3,(H,19,20,21);8-12,14,16H,13H2,1-7H3;7-11,15H,12-13H2,1-6H3/p-1. The van der Waals surface area contributed by atoms with E-state index in [2.05, 4.69) is 192 Å². The molecule has 3 rings (SSSR count). The molecule has 0 saturated carbocycles. The van der Waals surface area contributed by atoms with Crippen LogP contribution in [0.4, 0.5) is 0 Å². The molecule has 4 heteroatoms. The highest BCUT2D eigenvalue weighted by molar-refractivity contribution is 7.85. The quantitative estimate of drug-likeness (QED) is 0.181. The van der Waals surface area contributed by atoms with Gasteiger partial charge in [-0.3, -0.25) is 0 Å². The van der Waals surface area contributed by atoms with Gasteiger partial charge in [0.2, 0.25) is 0 Å². The third kappa shape index (κ3) is 21.9. The highest BCUT2D eigenvalue weighted by atomic mass is 32.2. The molecule has 0 aliphatic heterocycles. The summed E-state index contributed by atoms with van der Waals surface area (Å²) in [5, 5.41) is 0. The van der Waals surface area contributed by atoms with Gasteiger partial charge in [-0.1, -0.05) is 211 Å². The van der Waals surface area contributed by atoms with Crippen LogP contribution in [-0.2, 0) is 16.5 Å². The molecule has 0 N–H and O–H groups in total. The maximum absolute atomic E-state index is 11.0. The minimum Gasteiger partial charge on any atom is -0.744 e. The molecule has 3 aromatic rings. The Labute approximate surface area is 354 Å². The van der Waals surface area contributed by atoms with Crippen LogP contribution in [0, 0.1) is 44.3 Å². The van der Waals surface area contributed by atoms with Crippen LogP contribution >= 0.6 is 0 Å². The lowest BCUT2D eigenvalue weighted by Gasteiger charge is -2.38. The summed E-state index contributed by atoms with van der Waals surface area (Å²) in [6, 6.07) is 28.3. The van der Waals surface area contributed by atoms with Gasteiger partial charge in [0, 0.05) is 0 Å². The van der Waals surface area contributed by atoms with E-state index in [-0.39, 0.29) is 10.3 Å². The van der Waals surface area contributed by atoms with Crippen molar-refractivity contribution in [2.45, 2.75) is 187 Å². The molecule has 0 heterocycles. The van der Waals surface area contributed by atoms with Crippen molar-refractivity contribution in [3.05, 3.63) is 102 Å². The minimum absolute atomic E-state index is 0.0930. The van der Waals surface area contributed by atoms with E-state index in [4.69, 9.17) is 0 Å². The summed E-state index contributed by atoms with van der Waals surface area (Å²) >= 11 is 0. The van der Waals surface area contributed by atoms with Crippen LogP contribution in [0.25, 0.3) is 0 Å². The van der Waals surface area contributed by atoms with Crippen molar-refractivity contribution in [1.29, 1.82) is 0 Å². The lowest BCUT2D eigenvalue weighted by atomic mass is 9.66.